The van der Waals surface area contributed by atoms with Gasteiger partial charge in [-0.3, -0.25) is 14.5 Å². The topological polar surface area (TPSA) is 57.6 Å². The van der Waals surface area contributed by atoms with Crippen molar-refractivity contribution in [1.29, 1.82) is 0 Å². The third-order valence-electron chi connectivity index (χ3n) is 5.97. The molecule has 0 radical (unpaired) electrons. The lowest BCUT2D eigenvalue weighted by Gasteiger charge is -2.40. The third kappa shape index (κ3) is 1.65. The molecule has 4 nitrogen and oxygen atoms in total. The van der Waals surface area contributed by atoms with Gasteiger partial charge < -0.3 is 5.11 Å². The first-order valence-corrected chi connectivity index (χ1v) is 8.13. The molecule has 5 heteroatoms. The van der Waals surface area contributed by atoms with E-state index in [1.807, 2.05) is 0 Å². The summed E-state index contributed by atoms with van der Waals surface area (Å²) in [6.07, 6.45) is 4.19. The second-order valence-corrected chi connectivity index (χ2v) is 7.88. The monoisotopic (exact) mass is 295 g/mol. The molecule has 20 heavy (non-hydrogen) atoms. The summed E-state index contributed by atoms with van der Waals surface area (Å²) in [4.78, 5) is 25.1. The largest absolute Gasteiger partial charge is 0.392 e. The minimum atomic E-state index is -0.283. The molecule has 0 aromatic rings. The Bertz CT molecular complexity index is 513. The van der Waals surface area contributed by atoms with E-state index in [0.717, 1.165) is 29.9 Å². The van der Waals surface area contributed by atoms with Crippen molar-refractivity contribution in [3.05, 3.63) is 11.0 Å². The van der Waals surface area contributed by atoms with Crippen LogP contribution in [-0.4, -0.2) is 40.7 Å². The van der Waals surface area contributed by atoms with Crippen LogP contribution in [0.4, 0.5) is 0 Å². The van der Waals surface area contributed by atoms with Crippen molar-refractivity contribution in [2.75, 3.05) is 12.8 Å². The molecule has 3 aliphatic rings. The molecule has 1 heterocycles. The third-order valence-corrected chi connectivity index (χ3v) is 7.24. The number of aliphatic hydroxyl groups is 1. The van der Waals surface area contributed by atoms with Gasteiger partial charge in [-0.15, -0.1) is 11.8 Å². The van der Waals surface area contributed by atoms with E-state index in [0.29, 0.717) is 10.8 Å². The summed E-state index contributed by atoms with van der Waals surface area (Å²) in [5.74, 6) is 0.841. The molecule has 3 rings (SSSR count). The zero-order chi connectivity index (χ0) is 14.7. The molecule has 1 aliphatic heterocycles. The number of aliphatic hydroxyl groups excluding tert-OH is 1. The number of rotatable bonds is 3. The summed E-state index contributed by atoms with van der Waals surface area (Å²) in [5.41, 5.74) is -0.00873. The summed E-state index contributed by atoms with van der Waals surface area (Å²) in [6, 6.07) is 0. The van der Waals surface area contributed by atoms with Crippen LogP contribution in [0.5, 0.6) is 0 Å². The van der Waals surface area contributed by atoms with E-state index in [1.54, 1.807) is 0 Å². The maximum atomic E-state index is 11.9. The van der Waals surface area contributed by atoms with Crippen molar-refractivity contribution in [3.63, 3.8) is 0 Å². The minimum absolute atomic E-state index is 0.109. The van der Waals surface area contributed by atoms with Crippen LogP contribution in [0.15, 0.2) is 11.0 Å². The SMILES string of the molecule is CN1C(=O)C=C(SC[C@]23CC[C@H](C[C@H]2O)C3(C)C)C1=O. The number of carbonyl (C=O) groups excluding carboxylic acids is 2. The van der Waals surface area contributed by atoms with Crippen molar-refractivity contribution in [2.45, 2.75) is 39.2 Å². The molecule has 2 fully saturated rings. The number of fused-ring (bicyclic) bond motifs is 2. The van der Waals surface area contributed by atoms with Crippen LogP contribution in [0.3, 0.4) is 0 Å². The van der Waals surface area contributed by atoms with Crippen molar-refractivity contribution in [3.8, 4) is 0 Å². The van der Waals surface area contributed by atoms with Crippen LogP contribution in [0.1, 0.15) is 33.1 Å². The molecule has 0 aromatic heterocycles. The second-order valence-electron chi connectivity index (χ2n) is 6.86. The van der Waals surface area contributed by atoms with Crippen LogP contribution in [0.25, 0.3) is 0 Å². The average molecular weight is 295 g/mol. The van der Waals surface area contributed by atoms with Crippen molar-refractivity contribution < 1.29 is 14.7 Å². The zero-order valence-corrected chi connectivity index (χ0v) is 13.0. The number of imide groups is 1. The number of amides is 2. The van der Waals surface area contributed by atoms with Gasteiger partial charge in [0.2, 0.25) is 0 Å². The van der Waals surface area contributed by atoms with E-state index >= 15 is 0 Å². The molecule has 1 N–H and O–H groups in total. The fraction of sp³-hybridized carbons (Fsp3) is 0.733. The van der Waals surface area contributed by atoms with E-state index in [-0.39, 0.29) is 28.7 Å². The van der Waals surface area contributed by atoms with E-state index in [2.05, 4.69) is 13.8 Å². The van der Waals surface area contributed by atoms with Crippen molar-refractivity contribution in [2.24, 2.45) is 16.7 Å². The Morgan fingerprint density at radius 2 is 2.15 bits per heavy atom. The van der Waals surface area contributed by atoms with E-state index in [4.69, 9.17) is 0 Å². The van der Waals surface area contributed by atoms with Gasteiger partial charge >= 0.3 is 0 Å². The molecule has 2 amide bonds. The molecule has 0 spiro atoms. The highest BCUT2D eigenvalue weighted by Gasteiger charge is 2.63. The lowest BCUT2D eigenvalue weighted by atomic mass is 9.70. The Hall–Kier alpha value is -0.810. The van der Waals surface area contributed by atoms with Crippen LogP contribution >= 0.6 is 11.8 Å². The van der Waals surface area contributed by atoms with E-state index in [1.165, 1.54) is 24.9 Å². The van der Waals surface area contributed by atoms with Gasteiger partial charge in [-0.1, -0.05) is 13.8 Å². The first-order chi connectivity index (χ1) is 9.29. The predicted molar refractivity (Wildman–Crippen MR) is 77.9 cm³/mol. The van der Waals surface area contributed by atoms with Crippen LogP contribution in [-0.2, 0) is 9.59 Å². The Kier molecular flexibility index (Phi) is 3.07. The standard InChI is InChI=1S/C15H21NO3S/c1-14(2)9-4-5-15(14,11(17)6-9)8-20-10-7-12(18)16(3)13(10)19/h7,9,11,17H,4-6,8H2,1-3H3/t9-,11-,15-/m1/s1. The highest BCUT2D eigenvalue weighted by Crippen LogP contribution is 2.66. The molecule has 2 saturated carbocycles. The van der Waals surface area contributed by atoms with Crippen LogP contribution in [0, 0.1) is 16.7 Å². The zero-order valence-electron chi connectivity index (χ0n) is 12.2. The van der Waals surface area contributed by atoms with Gasteiger partial charge in [0.05, 0.1) is 11.0 Å². The van der Waals surface area contributed by atoms with E-state index < -0.39 is 0 Å². The highest BCUT2D eigenvalue weighted by molar-refractivity contribution is 8.04. The van der Waals surface area contributed by atoms with Gasteiger partial charge in [0, 0.05) is 24.3 Å². The quantitative estimate of drug-likeness (QED) is 0.807. The van der Waals surface area contributed by atoms with Crippen LogP contribution in [0.2, 0.25) is 0 Å². The highest BCUT2D eigenvalue weighted by atomic mass is 32.2. The molecule has 0 saturated heterocycles. The average Bonchev–Trinajstić information content (AvgIpc) is 2.86. The Morgan fingerprint density at radius 1 is 1.45 bits per heavy atom. The normalized spacial score (nSPS) is 38.8. The molecule has 2 bridgehead atoms. The maximum Gasteiger partial charge on any atom is 0.267 e. The van der Waals surface area contributed by atoms with Crippen LogP contribution < -0.4 is 0 Å². The van der Waals surface area contributed by atoms with Crippen molar-refractivity contribution in [1.82, 2.24) is 4.90 Å². The fourth-order valence-electron chi connectivity index (χ4n) is 4.23. The number of nitrogens with zero attached hydrogens (tertiary/aromatic N) is 1. The predicted octanol–water partition coefficient (Wildman–Crippen LogP) is 1.79. The van der Waals surface area contributed by atoms with Gasteiger partial charge in [-0.05, 0) is 30.6 Å². The van der Waals surface area contributed by atoms with Gasteiger partial charge in [0.25, 0.3) is 11.8 Å². The maximum absolute atomic E-state index is 11.9. The van der Waals surface area contributed by atoms with Gasteiger partial charge in [-0.25, -0.2) is 0 Å². The van der Waals surface area contributed by atoms with Gasteiger partial charge in [0.1, 0.15) is 0 Å². The van der Waals surface area contributed by atoms with E-state index in [9.17, 15) is 14.7 Å². The lowest BCUT2D eigenvalue weighted by Crippen LogP contribution is -2.41. The summed E-state index contributed by atoms with van der Waals surface area (Å²) < 4.78 is 0. The summed E-state index contributed by atoms with van der Waals surface area (Å²) in [7, 11) is 1.51. The Morgan fingerprint density at radius 3 is 2.60 bits per heavy atom. The summed E-state index contributed by atoms with van der Waals surface area (Å²) >= 11 is 1.44. The Balaban J connectivity index is 1.77. The molecular formula is C15H21NO3S. The smallest absolute Gasteiger partial charge is 0.267 e. The van der Waals surface area contributed by atoms with Crippen molar-refractivity contribution >= 4 is 23.6 Å². The summed E-state index contributed by atoms with van der Waals surface area (Å²) in [6.45, 7) is 4.48. The number of likely N-dealkylation sites (N-methyl/N-ethyl adjacent to an activating group) is 1. The summed E-state index contributed by atoms with van der Waals surface area (Å²) in [5, 5.41) is 10.5. The molecule has 110 valence electrons. The first kappa shape index (κ1) is 14.1. The second kappa shape index (κ2) is 4.34. The fourth-order valence-corrected chi connectivity index (χ4v) is 5.79. The molecule has 2 aliphatic carbocycles. The van der Waals surface area contributed by atoms with Gasteiger partial charge in [0.15, 0.2) is 0 Å². The lowest BCUT2D eigenvalue weighted by molar-refractivity contribution is -0.135. The first-order valence-electron chi connectivity index (χ1n) is 7.14. The Labute approximate surface area is 123 Å². The number of thioether (sulfide) groups is 1. The molecular weight excluding hydrogens is 274 g/mol. The number of hydrogen-bond acceptors (Lipinski definition) is 4. The molecule has 0 aromatic carbocycles. The number of carbonyl (C=O) groups is 2. The molecule has 0 unspecified atom stereocenters. The number of hydrogen-bond donors (Lipinski definition) is 1. The minimum Gasteiger partial charge on any atom is -0.392 e. The molecule has 3 atom stereocenters. The van der Waals surface area contributed by atoms with Gasteiger partial charge in [-0.2, -0.15) is 0 Å².